The number of hydrogen-bond acceptors (Lipinski definition) is 3. The summed E-state index contributed by atoms with van der Waals surface area (Å²) >= 11 is 0. The molecule has 2 rings (SSSR count). The molecule has 5 heteroatoms. The topological polar surface area (TPSA) is 59.6 Å². The molecule has 0 saturated heterocycles. The van der Waals surface area contributed by atoms with Crippen LogP contribution in [-0.2, 0) is 11.8 Å². The highest BCUT2D eigenvalue weighted by Gasteiger charge is 2.13. The first-order valence-electron chi connectivity index (χ1n) is 9.26. The number of amides is 2. The van der Waals surface area contributed by atoms with Gasteiger partial charge in [-0.05, 0) is 47.2 Å². The Labute approximate surface area is 162 Å². The third-order valence-electron chi connectivity index (χ3n) is 4.19. The Morgan fingerprint density at radius 1 is 0.963 bits per heavy atom. The van der Waals surface area contributed by atoms with E-state index >= 15 is 0 Å². The lowest BCUT2D eigenvalue weighted by atomic mass is 9.87. The Bertz CT molecular complexity index is 738. The maximum Gasteiger partial charge on any atom is 0.314 e. The third-order valence-corrected chi connectivity index (χ3v) is 4.19. The maximum absolute atomic E-state index is 11.9. The SMILES string of the molecule is COc1cccc(CCNC(=O)NCCOc2cccc(C(C)(C)C)c2)c1. The lowest BCUT2D eigenvalue weighted by Gasteiger charge is -2.19. The van der Waals surface area contributed by atoms with Gasteiger partial charge >= 0.3 is 6.03 Å². The number of carbonyl (C=O) groups is 1. The first-order chi connectivity index (χ1) is 12.9. The zero-order valence-electron chi connectivity index (χ0n) is 16.7. The smallest absolute Gasteiger partial charge is 0.314 e. The summed E-state index contributed by atoms with van der Waals surface area (Å²) in [5, 5.41) is 5.66. The van der Waals surface area contributed by atoms with Crippen LogP contribution in [0.4, 0.5) is 4.79 Å². The van der Waals surface area contributed by atoms with Crippen molar-refractivity contribution in [1.82, 2.24) is 10.6 Å². The summed E-state index contributed by atoms with van der Waals surface area (Å²) in [6.45, 7) is 7.95. The summed E-state index contributed by atoms with van der Waals surface area (Å²) in [6.07, 6.45) is 0.751. The fraction of sp³-hybridized carbons (Fsp3) is 0.409. The molecule has 5 nitrogen and oxygen atoms in total. The van der Waals surface area contributed by atoms with Gasteiger partial charge in [0.25, 0.3) is 0 Å². The Morgan fingerprint density at radius 3 is 2.41 bits per heavy atom. The van der Waals surface area contributed by atoms with Crippen molar-refractivity contribution in [2.24, 2.45) is 0 Å². The number of carbonyl (C=O) groups excluding carboxylic acids is 1. The van der Waals surface area contributed by atoms with E-state index in [1.807, 2.05) is 42.5 Å². The van der Waals surface area contributed by atoms with E-state index in [0.717, 1.165) is 23.5 Å². The summed E-state index contributed by atoms with van der Waals surface area (Å²) in [5.74, 6) is 1.65. The molecule has 27 heavy (non-hydrogen) atoms. The van der Waals surface area contributed by atoms with Gasteiger partial charge in [0.15, 0.2) is 0 Å². The average Bonchev–Trinajstić information content (AvgIpc) is 2.65. The molecular weight excluding hydrogens is 340 g/mol. The van der Waals surface area contributed by atoms with Crippen molar-refractivity contribution in [2.45, 2.75) is 32.6 Å². The Morgan fingerprint density at radius 2 is 1.67 bits per heavy atom. The second kappa shape index (κ2) is 9.86. The first kappa shape index (κ1) is 20.6. The molecule has 0 aromatic heterocycles. The molecule has 0 bridgehead atoms. The minimum absolute atomic E-state index is 0.0836. The van der Waals surface area contributed by atoms with Gasteiger partial charge < -0.3 is 20.1 Å². The van der Waals surface area contributed by atoms with Crippen molar-refractivity contribution < 1.29 is 14.3 Å². The standard InChI is InChI=1S/C22H30N2O3/c1-22(2,3)18-8-6-10-20(16-18)27-14-13-24-21(25)23-12-11-17-7-5-9-19(15-17)26-4/h5-10,15-16H,11-14H2,1-4H3,(H2,23,24,25). The highest BCUT2D eigenvalue weighted by Crippen LogP contribution is 2.25. The van der Waals surface area contributed by atoms with Crippen molar-refractivity contribution in [1.29, 1.82) is 0 Å². The van der Waals surface area contributed by atoms with E-state index in [9.17, 15) is 4.79 Å². The van der Waals surface area contributed by atoms with Gasteiger partial charge in [-0.2, -0.15) is 0 Å². The number of urea groups is 1. The molecule has 0 radical (unpaired) electrons. The minimum atomic E-state index is -0.190. The van der Waals surface area contributed by atoms with Crippen LogP contribution in [0.25, 0.3) is 0 Å². The van der Waals surface area contributed by atoms with Gasteiger partial charge in [-0.3, -0.25) is 0 Å². The molecule has 0 aliphatic heterocycles. The van der Waals surface area contributed by atoms with Gasteiger partial charge in [-0.15, -0.1) is 0 Å². The molecule has 146 valence electrons. The predicted octanol–water partition coefficient (Wildman–Crippen LogP) is 3.91. The summed E-state index contributed by atoms with van der Waals surface area (Å²) in [6, 6.07) is 15.7. The Hall–Kier alpha value is -2.69. The van der Waals surface area contributed by atoms with Crippen molar-refractivity contribution in [3.8, 4) is 11.5 Å². The predicted molar refractivity (Wildman–Crippen MR) is 109 cm³/mol. The van der Waals surface area contributed by atoms with E-state index in [2.05, 4.69) is 37.5 Å². The molecule has 0 saturated carbocycles. The third kappa shape index (κ3) is 7.21. The Balaban J connectivity index is 1.65. The number of rotatable bonds is 8. The van der Waals surface area contributed by atoms with Crippen molar-refractivity contribution in [2.75, 3.05) is 26.8 Å². The number of methoxy groups -OCH3 is 1. The van der Waals surface area contributed by atoms with E-state index in [-0.39, 0.29) is 11.4 Å². The van der Waals surface area contributed by atoms with Crippen molar-refractivity contribution >= 4 is 6.03 Å². The molecule has 2 amide bonds. The molecule has 0 spiro atoms. The monoisotopic (exact) mass is 370 g/mol. The lowest BCUT2D eigenvalue weighted by Crippen LogP contribution is -2.38. The van der Waals surface area contributed by atoms with E-state index in [1.165, 1.54) is 5.56 Å². The zero-order valence-corrected chi connectivity index (χ0v) is 16.7. The van der Waals surface area contributed by atoms with Crippen LogP contribution >= 0.6 is 0 Å². The first-order valence-corrected chi connectivity index (χ1v) is 9.26. The van der Waals surface area contributed by atoms with Gasteiger partial charge in [0, 0.05) is 6.54 Å². The molecule has 0 aliphatic rings. The van der Waals surface area contributed by atoms with Crippen LogP contribution in [-0.4, -0.2) is 32.8 Å². The van der Waals surface area contributed by atoms with Gasteiger partial charge in [-0.1, -0.05) is 45.0 Å². The fourth-order valence-electron chi connectivity index (χ4n) is 2.60. The average molecular weight is 370 g/mol. The minimum Gasteiger partial charge on any atom is -0.497 e. The van der Waals surface area contributed by atoms with Crippen LogP contribution in [0.5, 0.6) is 11.5 Å². The number of benzene rings is 2. The van der Waals surface area contributed by atoms with E-state index in [4.69, 9.17) is 9.47 Å². The highest BCUT2D eigenvalue weighted by molar-refractivity contribution is 5.73. The molecule has 0 fully saturated rings. The van der Waals surface area contributed by atoms with Gasteiger partial charge in [0.2, 0.25) is 0 Å². The normalized spacial score (nSPS) is 11.0. The summed E-state index contributed by atoms with van der Waals surface area (Å²) < 4.78 is 10.9. The summed E-state index contributed by atoms with van der Waals surface area (Å²) in [5.41, 5.74) is 2.43. The Kier molecular flexibility index (Phi) is 7.53. The number of ether oxygens (including phenoxy) is 2. The van der Waals surface area contributed by atoms with Crippen LogP contribution in [0, 0.1) is 0 Å². The second-order valence-corrected chi connectivity index (χ2v) is 7.41. The van der Waals surface area contributed by atoms with Crippen LogP contribution in [0.15, 0.2) is 48.5 Å². The van der Waals surface area contributed by atoms with E-state index < -0.39 is 0 Å². The van der Waals surface area contributed by atoms with Crippen LogP contribution < -0.4 is 20.1 Å². The molecule has 0 atom stereocenters. The molecule has 2 aromatic rings. The molecular formula is C22H30N2O3. The zero-order chi connectivity index (χ0) is 19.7. The number of hydrogen-bond donors (Lipinski definition) is 2. The van der Waals surface area contributed by atoms with Crippen molar-refractivity contribution in [3.05, 3.63) is 59.7 Å². The van der Waals surface area contributed by atoms with Crippen molar-refractivity contribution in [3.63, 3.8) is 0 Å². The van der Waals surface area contributed by atoms with Crippen LogP contribution in [0.1, 0.15) is 31.9 Å². The second-order valence-electron chi connectivity index (χ2n) is 7.41. The molecule has 0 unspecified atom stereocenters. The summed E-state index contributed by atoms with van der Waals surface area (Å²) in [4.78, 5) is 11.9. The molecule has 2 N–H and O–H groups in total. The maximum atomic E-state index is 11.9. The highest BCUT2D eigenvalue weighted by atomic mass is 16.5. The van der Waals surface area contributed by atoms with E-state index in [1.54, 1.807) is 7.11 Å². The van der Waals surface area contributed by atoms with Gasteiger partial charge in [0.1, 0.15) is 18.1 Å². The largest absolute Gasteiger partial charge is 0.497 e. The summed E-state index contributed by atoms with van der Waals surface area (Å²) in [7, 11) is 1.65. The van der Waals surface area contributed by atoms with Crippen LogP contribution in [0.2, 0.25) is 0 Å². The number of nitrogens with one attached hydrogen (secondary N) is 2. The van der Waals surface area contributed by atoms with Crippen LogP contribution in [0.3, 0.4) is 0 Å². The lowest BCUT2D eigenvalue weighted by molar-refractivity contribution is 0.236. The van der Waals surface area contributed by atoms with E-state index in [0.29, 0.717) is 19.7 Å². The quantitative estimate of drug-likeness (QED) is 0.693. The van der Waals surface area contributed by atoms with Gasteiger partial charge in [0.05, 0.1) is 13.7 Å². The molecule has 2 aromatic carbocycles. The fourth-order valence-corrected chi connectivity index (χ4v) is 2.60. The molecule has 0 heterocycles. The molecule has 0 aliphatic carbocycles. The van der Waals surface area contributed by atoms with Gasteiger partial charge in [-0.25, -0.2) is 4.79 Å².